The van der Waals surface area contributed by atoms with Crippen LogP contribution in [0.25, 0.3) is 10.9 Å². The first kappa shape index (κ1) is 20.3. The maximum atomic E-state index is 12.9. The summed E-state index contributed by atoms with van der Waals surface area (Å²) < 4.78 is 7.17. The summed E-state index contributed by atoms with van der Waals surface area (Å²) in [6.07, 6.45) is 0.259. The van der Waals surface area contributed by atoms with Crippen LogP contribution in [-0.2, 0) is 24.9 Å². The number of carbonyl (C=O) groups excluding carboxylic acids is 1. The Morgan fingerprint density at radius 1 is 1.13 bits per heavy atom. The number of rotatable bonds is 5. The fourth-order valence-electron chi connectivity index (χ4n) is 4.01. The number of benzene rings is 2. The van der Waals surface area contributed by atoms with E-state index in [1.165, 1.54) is 11.6 Å². The van der Waals surface area contributed by atoms with Crippen LogP contribution in [0.3, 0.4) is 0 Å². The number of nitrogens with one attached hydrogen (secondary N) is 1. The van der Waals surface area contributed by atoms with E-state index in [4.69, 9.17) is 4.74 Å². The summed E-state index contributed by atoms with van der Waals surface area (Å²) in [6.45, 7) is 6.00. The summed E-state index contributed by atoms with van der Waals surface area (Å²) >= 11 is 0. The SMILES string of the molecule is CC1CN(Cc2cccc(CNC(=O)c3cc(=O)n(C)c4ccccc34)c2)CCO1. The number of hydrogen-bond acceptors (Lipinski definition) is 4. The monoisotopic (exact) mass is 405 g/mol. The van der Waals surface area contributed by atoms with E-state index < -0.39 is 0 Å². The first-order chi connectivity index (χ1) is 14.5. The maximum absolute atomic E-state index is 12.9. The summed E-state index contributed by atoms with van der Waals surface area (Å²) in [6, 6.07) is 17.1. The average Bonchev–Trinajstić information content (AvgIpc) is 2.75. The van der Waals surface area contributed by atoms with Crippen molar-refractivity contribution in [2.24, 2.45) is 7.05 Å². The molecule has 1 unspecified atom stereocenters. The van der Waals surface area contributed by atoms with Crippen molar-refractivity contribution in [1.29, 1.82) is 0 Å². The van der Waals surface area contributed by atoms with Gasteiger partial charge in [-0.25, -0.2) is 0 Å². The molecule has 156 valence electrons. The molecule has 0 spiro atoms. The molecule has 6 nitrogen and oxygen atoms in total. The highest BCUT2D eigenvalue weighted by Gasteiger charge is 2.17. The highest BCUT2D eigenvalue weighted by Crippen LogP contribution is 2.17. The number of para-hydroxylation sites is 1. The molecule has 0 saturated carbocycles. The van der Waals surface area contributed by atoms with E-state index in [9.17, 15) is 9.59 Å². The number of amides is 1. The number of aryl methyl sites for hydroxylation is 1. The van der Waals surface area contributed by atoms with Gasteiger partial charge in [0.1, 0.15) is 0 Å². The molecule has 4 rings (SSSR count). The second-order valence-electron chi connectivity index (χ2n) is 7.89. The summed E-state index contributed by atoms with van der Waals surface area (Å²) in [5.74, 6) is -0.240. The van der Waals surface area contributed by atoms with Gasteiger partial charge >= 0.3 is 0 Å². The Hall–Kier alpha value is -2.96. The number of carbonyl (C=O) groups is 1. The molecule has 1 aliphatic heterocycles. The molecular formula is C24H27N3O3. The van der Waals surface area contributed by atoms with Crippen LogP contribution in [0.1, 0.15) is 28.4 Å². The highest BCUT2D eigenvalue weighted by molar-refractivity contribution is 6.06. The van der Waals surface area contributed by atoms with Gasteiger partial charge in [0.15, 0.2) is 0 Å². The molecule has 1 aromatic heterocycles. The van der Waals surface area contributed by atoms with Gasteiger partial charge in [-0.15, -0.1) is 0 Å². The zero-order chi connectivity index (χ0) is 21.1. The van der Waals surface area contributed by atoms with Crippen molar-refractivity contribution in [2.45, 2.75) is 26.1 Å². The van der Waals surface area contributed by atoms with Crippen LogP contribution in [-0.4, -0.2) is 41.2 Å². The number of aromatic nitrogens is 1. The van der Waals surface area contributed by atoms with Crippen LogP contribution >= 0.6 is 0 Å². The summed E-state index contributed by atoms with van der Waals surface area (Å²) in [7, 11) is 1.72. The molecule has 3 aromatic rings. The number of nitrogens with zero attached hydrogens (tertiary/aromatic N) is 2. The number of ether oxygens (including phenoxy) is 1. The van der Waals surface area contributed by atoms with Gasteiger partial charge in [0.25, 0.3) is 11.5 Å². The summed E-state index contributed by atoms with van der Waals surface area (Å²) in [4.78, 5) is 27.5. The summed E-state index contributed by atoms with van der Waals surface area (Å²) in [5, 5.41) is 3.74. The van der Waals surface area contributed by atoms with Crippen molar-refractivity contribution in [3.8, 4) is 0 Å². The number of fused-ring (bicyclic) bond motifs is 1. The normalized spacial score (nSPS) is 17.2. The van der Waals surface area contributed by atoms with Gasteiger partial charge in [0, 0.05) is 44.7 Å². The molecule has 0 aliphatic carbocycles. The molecular weight excluding hydrogens is 378 g/mol. The molecule has 6 heteroatoms. The van der Waals surface area contributed by atoms with Gasteiger partial charge in [-0.2, -0.15) is 0 Å². The lowest BCUT2D eigenvalue weighted by Crippen LogP contribution is -2.40. The zero-order valence-electron chi connectivity index (χ0n) is 17.4. The van der Waals surface area contributed by atoms with E-state index in [0.29, 0.717) is 12.1 Å². The zero-order valence-corrected chi connectivity index (χ0v) is 17.4. The minimum absolute atomic E-state index is 0.194. The van der Waals surface area contributed by atoms with Crippen LogP contribution in [0.5, 0.6) is 0 Å². The lowest BCUT2D eigenvalue weighted by molar-refractivity contribution is -0.0212. The Labute approximate surface area is 176 Å². The number of pyridine rings is 1. The molecule has 0 radical (unpaired) electrons. The van der Waals surface area contributed by atoms with Gasteiger partial charge in [-0.05, 0) is 24.1 Å². The van der Waals surface area contributed by atoms with Crippen LogP contribution in [0.4, 0.5) is 0 Å². The lowest BCUT2D eigenvalue weighted by atomic mass is 10.1. The van der Waals surface area contributed by atoms with Crippen molar-refractivity contribution in [1.82, 2.24) is 14.8 Å². The van der Waals surface area contributed by atoms with Gasteiger partial charge < -0.3 is 14.6 Å². The van der Waals surface area contributed by atoms with E-state index in [0.717, 1.165) is 42.7 Å². The van der Waals surface area contributed by atoms with Crippen molar-refractivity contribution in [2.75, 3.05) is 19.7 Å². The smallest absolute Gasteiger partial charge is 0.252 e. The Balaban J connectivity index is 1.46. The number of hydrogen-bond donors (Lipinski definition) is 1. The van der Waals surface area contributed by atoms with Crippen molar-refractivity contribution in [3.05, 3.63) is 81.6 Å². The third-order valence-electron chi connectivity index (χ3n) is 5.57. The Morgan fingerprint density at radius 3 is 2.77 bits per heavy atom. The molecule has 1 saturated heterocycles. The Kier molecular flexibility index (Phi) is 5.97. The van der Waals surface area contributed by atoms with E-state index in [1.54, 1.807) is 11.6 Å². The minimum Gasteiger partial charge on any atom is -0.376 e. The molecule has 30 heavy (non-hydrogen) atoms. The largest absolute Gasteiger partial charge is 0.376 e. The van der Waals surface area contributed by atoms with Gasteiger partial charge in [0.05, 0.1) is 23.8 Å². The lowest BCUT2D eigenvalue weighted by Gasteiger charge is -2.31. The van der Waals surface area contributed by atoms with E-state index in [-0.39, 0.29) is 17.6 Å². The fraction of sp³-hybridized carbons (Fsp3) is 0.333. The second kappa shape index (κ2) is 8.81. The van der Waals surface area contributed by atoms with Crippen LogP contribution in [0.2, 0.25) is 0 Å². The highest BCUT2D eigenvalue weighted by atomic mass is 16.5. The maximum Gasteiger partial charge on any atom is 0.252 e. The Morgan fingerprint density at radius 2 is 1.93 bits per heavy atom. The van der Waals surface area contributed by atoms with E-state index in [1.807, 2.05) is 36.4 Å². The quantitative estimate of drug-likeness (QED) is 0.709. The fourth-order valence-corrected chi connectivity index (χ4v) is 4.01. The van der Waals surface area contributed by atoms with Gasteiger partial charge in [-0.3, -0.25) is 14.5 Å². The molecule has 2 heterocycles. The van der Waals surface area contributed by atoms with Crippen LogP contribution in [0.15, 0.2) is 59.4 Å². The predicted molar refractivity (Wildman–Crippen MR) is 117 cm³/mol. The second-order valence-corrected chi connectivity index (χ2v) is 7.89. The Bertz CT molecular complexity index is 1120. The molecule has 0 bridgehead atoms. The van der Waals surface area contributed by atoms with Crippen molar-refractivity contribution >= 4 is 16.8 Å². The minimum atomic E-state index is -0.240. The van der Waals surface area contributed by atoms with Crippen molar-refractivity contribution in [3.63, 3.8) is 0 Å². The molecule has 1 amide bonds. The topological polar surface area (TPSA) is 63.6 Å². The van der Waals surface area contributed by atoms with Crippen molar-refractivity contribution < 1.29 is 9.53 Å². The predicted octanol–water partition coefficient (Wildman–Crippen LogP) is 2.69. The standard InChI is InChI=1S/C24H27N3O3/c1-17-15-27(10-11-30-17)16-19-7-5-6-18(12-19)14-25-24(29)21-13-23(28)26(2)22-9-4-3-8-20(21)22/h3-9,12-13,17H,10-11,14-16H2,1-2H3,(H,25,29). The third kappa shape index (κ3) is 4.45. The first-order valence-electron chi connectivity index (χ1n) is 10.3. The molecule has 1 atom stereocenters. The summed E-state index contributed by atoms with van der Waals surface area (Å²) in [5.41, 5.74) is 3.22. The third-order valence-corrected chi connectivity index (χ3v) is 5.57. The number of morpholine rings is 1. The molecule has 1 fully saturated rings. The van der Waals surface area contributed by atoms with Gasteiger partial charge in [0.2, 0.25) is 0 Å². The first-order valence-corrected chi connectivity index (χ1v) is 10.3. The molecule has 2 aromatic carbocycles. The van der Waals surface area contributed by atoms with Gasteiger partial charge in [-0.1, -0.05) is 42.5 Å². The average molecular weight is 405 g/mol. The molecule has 1 N–H and O–H groups in total. The van der Waals surface area contributed by atoms with Crippen LogP contribution in [0, 0.1) is 0 Å². The van der Waals surface area contributed by atoms with Crippen LogP contribution < -0.4 is 10.9 Å². The van der Waals surface area contributed by atoms with E-state index in [2.05, 4.69) is 29.3 Å². The van der Waals surface area contributed by atoms with E-state index >= 15 is 0 Å². The molecule has 1 aliphatic rings.